The Labute approximate surface area is 266 Å². The number of nitrogens with one attached hydrogen (secondary N) is 1. The summed E-state index contributed by atoms with van der Waals surface area (Å²) in [5.41, 5.74) is 3.72. The fourth-order valence-electron chi connectivity index (χ4n) is 6.39. The molecule has 7 nitrogen and oxygen atoms in total. The van der Waals surface area contributed by atoms with E-state index in [1.165, 1.54) is 10.4 Å². The van der Waals surface area contributed by atoms with Crippen LogP contribution in [0.3, 0.4) is 0 Å². The molecule has 44 heavy (non-hydrogen) atoms. The van der Waals surface area contributed by atoms with Crippen molar-refractivity contribution in [3.63, 3.8) is 0 Å². The van der Waals surface area contributed by atoms with E-state index in [1.807, 2.05) is 29.2 Å². The molecule has 0 bridgehead atoms. The minimum absolute atomic E-state index is 0.0194. The molecule has 0 aliphatic carbocycles. The van der Waals surface area contributed by atoms with Gasteiger partial charge in [0, 0.05) is 55.6 Å². The first-order valence-electron chi connectivity index (χ1n) is 16.2. The molecule has 1 atom stereocenters. The van der Waals surface area contributed by atoms with Crippen LogP contribution in [0.15, 0.2) is 66.0 Å². The molecular formula is C36H47N5O2S. The smallest absolute Gasteiger partial charge is 0.252 e. The van der Waals surface area contributed by atoms with E-state index in [2.05, 4.69) is 84.3 Å². The quantitative estimate of drug-likeness (QED) is 0.188. The number of amides is 2. The molecule has 234 valence electrons. The minimum atomic E-state index is -0.560. The van der Waals surface area contributed by atoms with Gasteiger partial charge < -0.3 is 14.8 Å². The highest BCUT2D eigenvalue weighted by atomic mass is 32.1. The zero-order chi connectivity index (χ0) is 31.1. The van der Waals surface area contributed by atoms with E-state index in [4.69, 9.17) is 4.98 Å². The van der Waals surface area contributed by atoms with Crippen LogP contribution in [-0.2, 0) is 17.8 Å². The van der Waals surface area contributed by atoms with Gasteiger partial charge in [-0.05, 0) is 66.8 Å². The highest BCUT2D eigenvalue weighted by Gasteiger charge is 2.29. The van der Waals surface area contributed by atoms with Gasteiger partial charge in [0.15, 0.2) is 0 Å². The van der Waals surface area contributed by atoms with Crippen LogP contribution in [-0.4, -0.2) is 63.4 Å². The first-order chi connectivity index (χ1) is 21.4. The van der Waals surface area contributed by atoms with E-state index >= 15 is 0 Å². The molecule has 2 aromatic heterocycles. The third kappa shape index (κ3) is 7.77. The maximum atomic E-state index is 13.8. The number of hydrogen-bond donors (Lipinski definition) is 1. The summed E-state index contributed by atoms with van der Waals surface area (Å²) in [4.78, 5) is 38.2. The van der Waals surface area contributed by atoms with Crippen LogP contribution >= 0.6 is 11.3 Å². The standard InChI is InChI=1S/C36H47N5O2S/c1-5-29(6-2)41-33-16-15-28(23-31(33)37-34(41)24-30-14-10-21-44-30)35(42)38-32(22-26(3)4)36(43)40-18-11-17-39(19-20-40)25-27-12-8-7-9-13-27/h7-10,12-16,21,23,26,29,32H,5-6,11,17-20,22,24-25H2,1-4H3,(H,38,42)/t32-/m0/s1. The lowest BCUT2D eigenvalue weighted by molar-refractivity contribution is -0.133. The minimum Gasteiger partial charge on any atom is -0.340 e. The van der Waals surface area contributed by atoms with E-state index in [-0.39, 0.29) is 17.7 Å². The Morgan fingerprint density at radius 2 is 1.75 bits per heavy atom. The number of fused-ring (bicyclic) bond motifs is 1. The van der Waals surface area contributed by atoms with Gasteiger partial charge in [-0.2, -0.15) is 0 Å². The molecule has 1 saturated heterocycles. The number of carbonyl (C=O) groups is 2. The van der Waals surface area contributed by atoms with E-state index in [0.717, 1.165) is 62.2 Å². The van der Waals surface area contributed by atoms with E-state index in [9.17, 15) is 9.59 Å². The van der Waals surface area contributed by atoms with Gasteiger partial charge in [0.05, 0.1) is 11.0 Å². The fourth-order valence-corrected chi connectivity index (χ4v) is 7.09. The summed E-state index contributed by atoms with van der Waals surface area (Å²) in [5, 5.41) is 5.22. The van der Waals surface area contributed by atoms with Crippen LogP contribution in [0.2, 0.25) is 0 Å². The number of hydrogen-bond acceptors (Lipinski definition) is 5. The summed E-state index contributed by atoms with van der Waals surface area (Å²) >= 11 is 1.74. The Balaban J connectivity index is 1.31. The molecule has 3 heterocycles. The van der Waals surface area contributed by atoms with E-state index in [0.29, 0.717) is 31.1 Å². The number of aromatic nitrogens is 2. The third-order valence-corrected chi connectivity index (χ3v) is 9.58. The SMILES string of the molecule is CCC(CC)n1c(Cc2cccs2)nc2cc(C(=O)N[C@@H](CC(C)C)C(=O)N3CCCN(Cc4ccccc4)CC3)ccc21. The van der Waals surface area contributed by atoms with Crippen molar-refractivity contribution < 1.29 is 9.59 Å². The molecule has 8 heteroatoms. The maximum Gasteiger partial charge on any atom is 0.252 e. The second-order valence-electron chi connectivity index (χ2n) is 12.4. The molecule has 0 saturated carbocycles. The van der Waals surface area contributed by atoms with Gasteiger partial charge in [-0.15, -0.1) is 11.3 Å². The molecule has 2 amide bonds. The molecule has 5 rings (SSSR count). The molecule has 1 fully saturated rings. The molecule has 4 aromatic rings. The van der Waals surface area contributed by atoms with E-state index in [1.54, 1.807) is 11.3 Å². The summed E-state index contributed by atoms with van der Waals surface area (Å²) < 4.78 is 2.36. The first-order valence-corrected chi connectivity index (χ1v) is 17.1. The predicted molar refractivity (Wildman–Crippen MR) is 180 cm³/mol. The zero-order valence-corrected chi connectivity index (χ0v) is 27.5. The van der Waals surface area contributed by atoms with E-state index < -0.39 is 6.04 Å². The number of carbonyl (C=O) groups excluding carboxylic acids is 2. The molecule has 0 spiro atoms. The zero-order valence-electron chi connectivity index (χ0n) is 26.7. The summed E-state index contributed by atoms with van der Waals surface area (Å²) in [6, 6.07) is 20.3. The Bertz CT molecular complexity index is 1510. The summed E-state index contributed by atoms with van der Waals surface area (Å²) in [6.07, 6.45) is 4.33. The molecule has 1 aliphatic heterocycles. The van der Waals surface area contributed by atoms with Gasteiger partial charge in [-0.3, -0.25) is 14.5 Å². The summed E-state index contributed by atoms with van der Waals surface area (Å²) in [7, 11) is 0. The summed E-state index contributed by atoms with van der Waals surface area (Å²) in [5.74, 6) is 1.10. The molecule has 1 aliphatic rings. The van der Waals surface area contributed by atoms with Crippen molar-refractivity contribution in [1.29, 1.82) is 0 Å². The topological polar surface area (TPSA) is 70.5 Å². The van der Waals surface area contributed by atoms with Crippen LogP contribution in [0.25, 0.3) is 11.0 Å². The lowest BCUT2D eigenvalue weighted by Crippen LogP contribution is -2.50. The summed E-state index contributed by atoms with van der Waals surface area (Å²) in [6.45, 7) is 12.7. The molecule has 1 N–H and O–H groups in total. The Hall–Kier alpha value is -3.49. The first kappa shape index (κ1) is 31.9. The van der Waals surface area contributed by atoms with Crippen LogP contribution in [0.1, 0.15) is 86.0 Å². The number of nitrogens with zero attached hydrogens (tertiary/aromatic N) is 4. The van der Waals surface area contributed by atoms with Gasteiger partial charge >= 0.3 is 0 Å². The molecule has 0 unspecified atom stereocenters. The second-order valence-corrected chi connectivity index (χ2v) is 13.5. The Morgan fingerprint density at radius 1 is 0.955 bits per heavy atom. The van der Waals surface area contributed by atoms with Gasteiger partial charge in [0.1, 0.15) is 11.9 Å². The van der Waals surface area contributed by atoms with Crippen molar-refractivity contribution in [2.24, 2.45) is 5.92 Å². The lowest BCUT2D eigenvalue weighted by atomic mass is 10.0. The Kier molecular flexibility index (Phi) is 10.9. The van der Waals surface area contributed by atoms with Crippen molar-refractivity contribution in [3.8, 4) is 0 Å². The molecule has 0 radical (unpaired) electrons. The van der Waals surface area contributed by atoms with Crippen molar-refractivity contribution in [2.75, 3.05) is 26.2 Å². The number of imidazole rings is 1. The second kappa shape index (κ2) is 15.0. The van der Waals surface area contributed by atoms with Gasteiger partial charge in [-0.1, -0.05) is 64.1 Å². The van der Waals surface area contributed by atoms with Crippen molar-refractivity contribution >= 4 is 34.2 Å². The van der Waals surface area contributed by atoms with Crippen LogP contribution < -0.4 is 5.32 Å². The number of benzene rings is 2. The normalized spacial score (nSPS) is 15.2. The monoisotopic (exact) mass is 613 g/mol. The maximum absolute atomic E-state index is 13.8. The molecular weight excluding hydrogens is 566 g/mol. The number of thiophene rings is 1. The van der Waals surface area contributed by atoms with Crippen LogP contribution in [0.4, 0.5) is 0 Å². The third-order valence-electron chi connectivity index (χ3n) is 8.70. The van der Waals surface area contributed by atoms with Gasteiger partial charge in [0.25, 0.3) is 5.91 Å². The van der Waals surface area contributed by atoms with Crippen LogP contribution in [0, 0.1) is 5.92 Å². The highest BCUT2D eigenvalue weighted by Crippen LogP contribution is 2.28. The van der Waals surface area contributed by atoms with Crippen molar-refractivity contribution in [1.82, 2.24) is 24.7 Å². The van der Waals surface area contributed by atoms with Gasteiger partial charge in [0.2, 0.25) is 5.91 Å². The van der Waals surface area contributed by atoms with Gasteiger partial charge in [-0.25, -0.2) is 4.98 Å². The van der Waals surface area contributed by atoms with Crippen molar-refractivity contribution in [2.45, 2.75) is 78.4 Å². The largest absolute Gasteiger partial charge is 0.340 e. The fraction of sp³-hybridized carbons (Fsp3) is 0.472. The highest BCUT2D eigenvalue weighted by molar-refractivity contribution is 7.09. The number of rotatable bonds is 12. The average Bonchev–Trinajstić information content (AvgIpc) is 3.59. The molecule has 2 aromatic carbocycles. The van der Waals surface area contributed by atoms with Crippen LogP contribution in [0.5, 0.6) is 0 Å². The lowest BCUT2D eigenvalue weighted by Gasteiger charge is -2.28. The van der Waals surface area contributed by atoms with Crippen molar-refractivity contribution in [3.05, 3.63) is 87.9 Å². The average molecular weight is 614 g/mol. The Morgan fingerprint density at radius 3 is 2.45 bits per heavy atom. The predicted octanol–water partition coefficient (Wildman–Crippen LogP) is 6.93.